The highest BCUT2D eigenvalue weighted by molar-refractivity contribution is 8.02. The van der Waals surface area contributed by atoms with Gasteiger partial charge in [-0.2, -0.15) is 12.7 Å². The van der Waals surface area contributed by atoms with Gasteiger partial charge in [0.25, 0.3) is 0 Å². The number of benzene rings is 1. The second-order valence-electron chi connectivity index (χ2n) is 5.18. The summed E-state index contributed by atoms with van der Waals surface area (Å²) in [7, 11) is -5.22. The lowest BCUT2D eigenvalue weighted by Gasteiger charge is -2.22. The summed E-state index contributed by atoms with van der Waals surface area (Å²) in [5.41, 5.74) is 0.652. The average molecular weight is 334 g/mol. The molecular weight excluding hydrogens is 315 g/mol. The van der Waals surface area contributed by atoms with E-state index in [9.17, 15) is 17.0 Å². The van der Waals surface area contributed by atoms with Crippen LogP contribution in [-0.4, -0.2) is 35.5 Å². The van der Waals surface area contributed by atoms with E-state index >= 15 is 0 Å². The lowest BCUT2D eigenvalue weighted by Crippen LogP contribution is -2.29. The Morgan fingerprint density at radius 2 is 1.76 bits per heavy atom. The number of rotatable bonds is 4. The van der Waals surface area contributed by atoms with E-state index in [-0.39, 0.29) is 5.82 Å². The second-order valence-corrected chi connectivity index (χ2v) is 9.61. The van der Waals surface area contributed by atoms with Crippen molar-refractivity contribution in [2.45, 2.75) is 25.8 Å². The van der Waals surface area contributed by atoms with Gasteiger partial charge in [-0.1, -0.05) is 15.9 Å². The zero-order chi connectivity index (χ0) is 15.7. The van der Waals surface area contributed by atoms with Crippen LogP contribution in [0.25, 0.3) is 0 Å². The van der Waals surface area contributed by atoms with Gasteiger partial charge in [0.05, 0.1) is 9.73 Å². The molecule has 0 aliphatic carbocycles. The molecule has 0 radical (unpaired) electrons. The molecule has 5 nitrogen and oxygen atoms in total. The van der Waals surface area contributed by atoms with E-state index < -0.39 is 26.0 Å². The van der Waals surface area contributed by atoms with Crippen molar-refractivity contribution >= 4 is 19.9 Å². The molecule has 1 saturated heterocycles. The molecular formula is C13H19FN2O3S2. The van der Waals surface area contributed by atoms with Crippen molar-refractivity contribution in [3.05, 3.63) is 35.6 Å². The molecule has 1 heterocycles. The molecule has 1 atom stereocenters. The Morgan fingerprint density at radius 3 is 2.29 bits per heavy atom. The van der Waals surface area contributed by atoms with Crippen molar-refractivity contribution in [1.82, 2.24) is 4.31 Å². The molecule has 8 heteroatoms. The summed E-state index contributed by atoms with van der Waals surface area (Å²) in [6.07, 6.45) is 1.49. The van der Waals surface area contributed by atoms with E-state index in [0.29, 0.717) is 17.1 Å². The van der Waals surface area contributed by atoms with Crippen LogP contribution in [0.15, 0.2) is 28.0 Å². The van der Waals surface area contributed by atoms with Crippen LogP contribution >= 0.6 is 0 Å². The number of hydrogen-bond acceptors (Lipinski definition) is 3. The van der Waals surface area contributed by atoms with Crippen molar-refractivity contribution in [1.29, 1.82) is 0 Å². The fraction of sp³-hybridized carbons (Fsp3) is 0.538. The molecule has 1 aliphatic rings. The Labute approximate surface area is 125 Å². The zero-order valence-electron chi connectivity index (χ0n) is 12.0. The highest BCUT2D eigenvalue weighted by Gasteiger charge is 2.27. The van der Waals surface area contributed by atoms with Crippen LogP contribution in [-0.2, 0) is 19.9 Å². The first-order valence-corrected chi connectivity index (χ1v) is 9.96. The molecule has 1 fully saturated rings. The third-order valence-corrected chi connectivity index (χ3v) is 8.41. The van der Waals surface area contributed by atoms with Crippen molar-refractivity contribution in [2.75, 3.05) is 18.6 Å². The standard InChI is InChI=1S/C13H19FN2O3S2/c1-11(12-5-7-13(14)8-6-12)16(2)21(18,19)15-20(17)9-3-4-10-20/h5-8,11H,3-4,9-10H2,1-2H3. The molecule has 21 heavy (non-hydrogen) atoms. The monoisotopic (exact) mass is 334 g/mol. The van der Waals surface area contributed by atoms with Crippen LogP contribution in [0.3, 0.4) is 0 Å². The fourth-order valence-electron chi connectivity index (χ4n) is 2.21. The van der Waals surface area contributed by atoms with Crippen molar-refractivity contribution in [3.63, 3.8) is 0 Å². The van der Waals surface area contributed by atoms with Gasteiger partial charge >= 0.3 is 10.2 Å². The number of nitrogens with zero attached hydrogens (tertiary/aromatic N) is 2. The van der Waals surface area contributed by atoms with Gasteiger partial charge in [-0.25, -0.2) is 8.60 Å². The quantitative estimate of drug-likeness (QED) is 0.849. The molecule has 118 valence electrons. The van der Waals surface area contributed by atoms with Crippen LogP contribution < -0.4 is 0 Å². The highest BCUT2D eigenvalue weighted by Crippen LogP contribution is 2.24. The SMILES string of the molecule is CC(c1ccc(F)cc1)N(C)S(=O)(=O)N=S1(=O)CCCC1. The summed E-state index contributed by atoms with van der Waals surface area (Å²) in [5.74, 6) is 0.297. The van der Waals surface area contributed by atoms with Gasteiger partial charge in [0.15, 0.2) is 0 Å². The average Bonchev–Trinajstić information content (AvgIpc) is 2.83. The summed E-state index contributed by atoms with van der Waals surface area (Å²) in [6, 6.07) is 5.10. The second kappa shape index (κ2) is 6.02. The van der Waals surface area contributed by atoms with Crippen LogP contribution in [0.1, 0.15) is 31.4 Å². The third kappa shape index (κ3) is 3.81. The van der Waals surface area contributed by atoms with Gasteiger partial charge < -0.3 is 0 Å². The van der Waals surface area contributed by atoms with Crippen molar-refractivity contribution in [3.8, 4) is 0 Å². The zero-order valence-corrected chi connectivity index (χ0v) is 13.7. The molecule has 1 aromatic carbocycles. The molecule has 0 bridgehead atoms. The summed E-state index contributed by atoms with van der Waals surface area (Å²) in [4.78, 5) is 0. The van der Waals surface area contributed by atoms with Gasteiger partial charge in [-0.3, -0.25) is 0 Å². The summed E-state index contributed by atoms with van der Waals surface area (Å²) in [6.45, 7) is 1.68. The third-order valence-electron chi connectivity index (χ3n) is 3.67. The molecule has 0 spiro atoms. The Bertz CT molecular complexity index is 710. The van der Waals surface area contributed by atoms with E-state index in [0.717, 1.165) is 17.1 Å². The van der Waals surface area contributed by atoms with E-state index in [1.54, 1.807) is 6.92 Å². The number of halogens is 1. The van der Waals surface area contributed by atoms with Crippen molar-refractivity contribution < 1.29 is 17.0 Å². The van der Waals surface area contributed by atoms with Gasteiger partial charge in [-0.15, -0.1) is 0 Å². The maximum absolute atomic E-state index is 12.9. The molecule has 2 rings (SSSR count). The highest BCUT2D eigenvalue weighted by atomic mass is 32.3. The predicted octanol–water partition coefficient (Wildman–Crippen LogP) is 2.33. The molecule has 1 aromatic rings. The summed E-state index contributed by atoms with van der Waals surface area (Å²) in [5, 5.41) is 0. The van der Waals surface area contributed by atoms with Crippen LogP contribution in [0.4, 0.5) is 4.39 Å². The molecule has 0 aromatic heterocycles. The maximum Gasteiger partial charge on any atom is 0.330 e. The largest absolute Gasteiger partial charge is 0.330 e. The summed E-state index contributed by atoms with van der Waals surface area (Å²) < 4.78 is 54.5. The Morgan fingerprint density at radius 1 is 1.24 bits per heavy atom. The van der Waals surface area contributed by atoms with Crippen LogP contribution in [0.5, 0.6) is 0 Å². The van der Waals surface area contributed by atoms with E-state index in [4.69, 9.17) is 0 Å². The first-order chi connectivity index (χ1) is 9.73. The van der Waals surface area contributed by atoms with E-state index in [1.807, 2.05) is 0 Å². The Kier molecular flexibility index (Phi) is 4.69. The molecule has 0 amide bonds. The molecule has 0 saturated carbocycles. The smallest absolute Gasteiger partial charge is 0.249 e. The molecule has 0 N–H and O–H groups in total. The van der Waals surface area contributed by atoms with Crippen LogP contribution in [0.2, 0.25) is 0 Å². The molecule has 1 unspecified atom stereocenters. The predicted molar refractivity (Wildman–Crippen MR) is 81.0 cm³/mol. The minimum atomic E-state index is -3.97. The van der Waals surface area contributed by atoms with Gasteiger partial charge in [0, 0.05) is 24.6 Å². The fourth-order valence-corrected chi connectivity index (χ4v) is 6.63. The van der Waals surface area contributed by atoms with E-state index in [1.165, 1.54) is 31.3 Å². The molecule has 1 aliphatic heterocycles. The lowest BCUT2D eigenvalue weighted by molar-refractivity contribution is 0.399. The Hall–Kier alpha value is -0.990. The first-order valence-electron chi connectivity index (χ1n) is 6.71. The minimum absolute atomic E-state index is 0.338. The minimum Gasteiger partial charge on any atom is -0.249 e. The van der Waals surface area contributed by atoms with Crippen molar-refractivity contribution in [2.24, 2.45) is 3.77 Å². The van der Waals surface area contributed by atoms with E-state index in [2.05, 4.69) is 3.77 Å². The van der Waals surface area contributed by atoms with Gasteiger partial charge in [0.1, 0.15) is 5.82 Å². The Balaban J connectivity index is 2.28. The lowest BCUT2D eigenvalue weighted by atomic mass is 10.1. The maximum atomic E-state index is 12.9. The number of hydrogen-bond donors (Lipinski definition) is 0. The first kappa shape index (κ1) is 16.4. The van der Waals surface area contributed by atoms with Gasteiger partial charge in [0.2, 0.25) is 0 Å². The topological polar surface area (TPSA) is 66.8 Å². The van der Waals surface area contributed by atoms with Crippen LogP contribution in [0, 0.1) is 5.82 Å². The van der Waals surface area contributed by atoms with Gasteiger partial charge in [-0.05, 0) is 37.5 Å². The summed E-state index contributed by atoms with van der Waals surface area (Å²) >= 11 is 0. The normalized spacial score (nSPS) is 19.6.